The van der Waals surface area contributed by atoms with Crippen LogP contribution in [0.1, 0.15) is 44.1 Å². The van der Waals surface area contributed by atoms with Crippen molar-refractivity contribution < 1.29 is 14.3 Å². The van der Waals surface area contributed by atoms with Gasteiger partial charge in [0, 0.05) is 13.0 Å². The van der Waals surface area contributed by atoms with Gasteiger partial charge < -0.3 is 14.3 Å². The maximum Gasteiger partial charge on any atom is 0.148 e. The van der Waals surface area contributed by atoms with Crippen molar-refractivity contribution in [2.75, 3.05) is 6.61 Å². The molecule has 1 aliphatic rings. The third-order valence-electron chi connectivity index (χ3n) is 3.77. The summed E-state index contributed by atoms with van der Waals surface area (Å²) in [6.45, 7) is 1.09. The molecule has 110 valence electrons. The lowest BCUT2D eigenvalue weighted by Crippen LogP contribution is -2.21. The number of hydrogen-bond acceptors (Lipinski definition) is 3. The van der Waals surface area contributed by atoms with Crippen LogP contribution in [0.15, 0.2) is 30.3 Å². The Bertz CT molecular complexity index is 371. The second-order valence-corrected chi connectivity index (χ2v) is 5.39. The summed E-state index contributed by atoms with van der Waals surface area (Å²) in [5.41, 5.74) is 1.09. The van der Waals surface area contributed by atoms with Gasteiger partial charge in [-0.15, -0.1) is 0 Å². The summed E-state index contributed by atoms with van der Waals surface area (Å²) in [5, 5.41) is 0. The molecule has 1 aromatic rings. The van der Waals surface area contributed by atoms with Crippen molar-refractivity contribution in [1.82, 2.24) is 0 Å². The molecule has 20 heavy (non-hydrogen) atoms. The minimum absolute atomic E-state index is 0.362. The van der Waals surface area contributed by atoms with Gasteiger partial charge in [0.25, 0.3) is 0 Å². The summed E-state index contributed by atoms with van der Waals surface area (Å²) < 4.78 is 11.4. The molecule has 2 rings (SSSR count). The molecular weight excluding hydrogens is 252 g/mol. The van der Waals surface area contributed by atoms with E-state index in [2.05, 4.69) is 0 Å². The Balaban J connectivity index is 1.63. The summed E-state index contributed by atoms with van der Waals surface area (Å²) in [7, 11) is 0. The first kappa shape index (κ1) is 15.2. The molecule has 0 heterocycles. The Labute approximate surface area is 121 Å². The zero-order valence-electron chi connectivity index (χ0n) is 12.0. The zero-order valence-corrected chi connectivity index (χ0v) is 12.0. The number of carbonyl (C=O) groups is 1. The second kappa shape index (κ2) is 8.88. The number of rotatable bonds is 8. The van der Waals surface area contributed by atoms with E-state index in [9.17, 15) is 4.79 Å². The Hall–Kier alpha value is -1.19. The molecule has 3 nitrogen and oxygen atoms in total. The molecule has 0 bridgehead atoms. The van der Waals surface area contributed by atoms with Crippen LogP contribution < -0.4 is 0 Å². The average molecular weight is 276 g/mol. The fourth-order valence-corrected chi connectivity index (χ4v) is 2.55. The van der Waals surface area contributed by atoms with Crippen molar-refractivity contribution in [3.63, 3.8) is 0 Å². The van der Waals surface area contributed by atoms with Gasteiger partial charge in [-0.05, 0) is 18.4 Å². The van der Waals surface area contributed by atoms with Crippen molar-refractivity contribution in [1.29, 1.82) is 0 Å². The second-order valence-electron chi connectivity index (χ2n) is 5.39. The number of carbonyl (C=O) groups excluding carboxylic acids is 1. The predicted molar refractivity (Wildman–Crippen MR) is 78.5 cm³/mol. The molecule has 0 spiro atoms. The lowest BCUT2D eigenvalue weighted by atomic mass is 9.98. The van der Waals surface area contributed by atoms with Crippen LogP contribution in [0.4, 0.5) is 0 Å². The fourth-order valence-electron chi connectivity index (χ4n) is 2.55. The fraction of sp³-hybridized carbons (Fsp3) is 0.588. The maximum absolute atomic E-state index is 11.0. The Kier molecular flexibility index (Phi) is 6.75. The van der Waals surface area contributed by atoms with Gasteiger partial charge in [0.1, 0.15) is 12.4 Å². The SMILES string of the molecule is O=CC(CCOC1CCCCC1)OCc1ccccc1. The maximum atomic E-state index is 11.0. The van der Waals surface area contributed by atoms with Crippen LogP contribution in [0.2, 0.25) is 0 Å². The Morgan fingerprint density at radius 3 is 2.60 bits per heavy atom. The van der Waals surface area contributed by atoms with E-state index >= 15 is 0 Å². The Morgan fingerprint density at radius 2 is 1.90 bits per heavy atom. The van der Waals surface area contributed by atoms with E-state index in [0.29, 0.717) is 25.7 Å². The van der Waals surface area contributed by atoms with Crippen LogP contribution in [-0.2, 0) is 20.9 Å². The quantitative estimate of drug-likeness (QED) is 0.682. The molecule has 3 heteroatoms. The van der Waals surface area contributed by atoms with E-state index in [4.69, 9.17) is 9.47 Å². The molecule has 1 aliphatic carbocycles. The highest BCUT2D eigenvalue weighted by atomic mass is 16.5. The number of ether oxygens (including phenoxy) is 2. The van der Waals surface area contributed by atoms with E-state index in [0.717, 1.165) is 24.7 Å². The molecule has 1 unspecified atom stereocenters. The summed E-state index contributed by atoms with van der Waals surface area (Å²) in [6, 6.07) is 9.92. The van der Waals surface area contributed by atoms with Gasteiger partial charge in [0.15, 0.2) is 0 Å². The first-order valence-corrected chi connectivity index (χ1v) is 7.61. The first-order chi connectivity index (χ1) is 9.88. The monoisotopic (exact) mass is 276 g/mol. The topological polar surface area (TPSA) is 35.5 Å². The first-order valence-electron chi connectivity index (χ1n) is 7.61. The summed E-state index contributed by atoms with van der Waals surface area (Å²) in [5.74, 6) is 0. The molecule has 1 saturated carbocycles. The number of benzene rings is 1. The highest BCUT2D eigenvalue weighted by Crippen LogP contribution is 2.20. The average Bonchev–Trinajstić information content (AvgIpc) is 2.52. The smallest absolute Gasteiger partial charge is 0.148 e. The van der Waals surface area contributed by atoms with Gasteiger partial charge in [0.2, 0.25) is 0 Å². The van der Waals surface area contributed by atoms with Gasteiger partial charge in [0.05, 0.1) is 12.7 Å². The molecule has 1 aromatic carbocycles. The molecule has 0 amide bonds. The molecular formula is C17H24O3. The lowest BCUT2D eigenvalue weighted by molar-refractivity contribution is -0.120. The summed E-state index contributed by atoms with van der Waals surface area (Å²) >= 11 is 0. The van der Waals surface area contributed by atoms with Crippen LogP contribution in [0.25, 0.3) is 0 Å². The van der Waals surface area contributed by atoms with E-state index in [-0.39, 0.29) is 6.10 Å². The molecule has 1 atom stereocenters. The van der Waals surface area contributed by atoms with Crippen LogP contribution in [0.3, 0.4) is 0 Å². The van der Waals surface area contributed by atoms with Crippen LogP contribution in [-0.4, -0.2) is 25.1 Å². The third kappa shape index (κ3) is 5.43. The summed E-state index contributed by atoms with van der Waals surface area (Å²) in [6.07, 6.45) is 7.76. The van der Waals surface area contributed by atoms with E-state index < -0.39 is 0 Å². The Morgan fingerprint density at radius 1 is 1.15 bits per heavy atom. The molecule has 0 N–H and O–H groups in total. The highest BCUT2D eigenvalue weighted by molar-refractivity contribution is 5.55. The molecule has 0 aromatic heterocycles. The molecule has 0 saturated heterocycles. The zero-order chi connectivity index (χ0) is 14.0. The predicted octanol–water partition coefficient (Wildman–Crippen LogP) is 3.51. The van der Waals surface area contributed by atoms with Crippen molar-refractivity contribution in [3.05, 3.63) is 35.9 Å². The van der Waals surface area contributed by atoms with Crippen molar-refractivity contribution in [2.24, 2.45) is 0 Å². The van der Waals surface area contributed by atoms with E-state index in [1.807, 2.05) is 30.3 Å². The highest BCUT2D eigenvalue weighted by Gasteiger charge is 2.15. The van der Waals surface area contributed by atoms with E-state index in [1.54, 1.807) is 0 Å². The molecule has 1 fully saturated rings. The standard InChI is InChI=1S/C17H24O3/c18-13-17(20-14-15-7-3-1-4-8-15)11-12-19-16-9-5-2-6-10-16/h1,3-4,7-8,13,16-17H,2,5-6,9-12,14H2. The summed E-state index contributed by atoms with van der Waals surface area (Å²) in [4.78, 5) is 11.0. The lowest BCUT2D eigenvalue weighted by Gasteiger charge is -2.22. The van der Waals surface area contributed by atoms with Gasteiger partial charge >= 0.3 is 0 Å². The third-order valence-corrected chi connectivity index (χ3v) is 3.77. The number of aldehydes is 1. The normalized spacial score (nSPS) is 17.8. The van der Waals surface area contributed by atoms with Gasteiger partial charge in [-0.1, -0.05) is 49.6 Å². The minimum atomic E-state index is -0.362. The van der Waals surface area contributed by atoms with Gasteiger partial charge in [-0.3, -0.25) is 0 Å². The number of hydrogen-bond donors (Lipinski definition) is 0. The van der Waals surface area contributed by atoms with Crippen LogP contribution >= 0.6 is 0 Å². The van der Waals surface area contributed by atoms with Gasteiger partial charge in [-0.2, -0.15) is 0 Å². The van der Waals surface area contributed by atoms with Gasteiger partial charge in [-0.25, -0.2) is 0 Å². The molecule has 0 radical (unpaired) electrons. The van der Waals surface area contributed by atoms with Crippen LogP contribution in [0.5, 0.6) is 0 Å². The van der Waals surface area contributed by atoms with Crippen molar-refractivity contribution in [3.8, 4) is 0 Å². The van der Waals surface area contributed by atoms with Crippen molar-refractivity contribution >= 4 is 6.29 Å². The minimum Gasteiger partial charge on any atom is -0.378 e. The largest absolute Gasteiger partial charge is 0.378 e. The van der Waals surface area contributed by atoms with E-state index in [1.165, 1.54) is 19.3 Å². The molecule has 0 aliphatic heterocycles. The van der Waals surface area contributed by atoms with Crippen molar-refractivity contribution in [2.45, 2.75) is 57.3 Å². The van der Waals surface area contributed by atoms with Crippen LogP contribution in [0, 0.1) is 0 Å².